The van der Waals surface area contributed by atoms with E-state index in [0.29, 0.717) is 5.69 Å². The number of benzene rings is 2. The number of hydrogen-bond donors (Lipinski definition) is 2. The summed E-state index contributed by atoms with van der Waals surface area (Å²) in [6.07, 6.45) is 0. The number of rotatable bonds is 4. The van der Waals surface area contributed by atoms with E-state index in [2.05, 4.69) is 0 Å². The number of hydrogen-bond acceptors (Lipinski definition) is 4. The highest BCUT2D eigenvalue weighted by atomic mass is 32.2. The van der Waals surface area contributed by atoms with E-state index in [9.17, 15) is 18.3 Å². The third kappa shape index (κ3) is 2.89. The predicted octanol–water partition coefficient (Wildman–Crippen LogP) is 2.22. The fourth-order valence-corrected chi connectivity index (χ4v) is 3.26. The van der Waals surface area contributed by atoms with Crippen LogP contribution in [0.3, 0.4) is 0 Å². The molecule has 0 bridgehead atoms. The van der Waals surface area contributed by atoms with Gasteiger partial charge in [0, 0.05) is 7.05 Å². The molecule has 0 aliphatic rings. The molecule has 116 valence electrons. The van der Waals surface area contributed by atoms with Gasteiger partial charge < -0.3 is 10.2 Å². The topological polar surface area (TPSA) is 94.9 Å². The molecule has 2 aromatic carbocycles. The average Bonchev–Trinajstić information content (AvgIpc) is 2.46. The van der Waals surface area contributed by atoms with Crippen LogP contribution >= 0.6 is 0 Å². The summed E-state index contributed by atoms with van der Waals surface area (Å²) < 4.78 is 26.2. The standard InChI is InChI=1S/C15H15NO5S/c1-10-4-3-5-12(8-10)16(2)22(20,21)14-9-11(15(18)19)6-7-13(14)17/h3-9,17H,1-2H3,(H,18,19). The Labute approximate surface area is 128 Å². The fourth-order valence-electron chi connectivity index (χ4n) is 1.96. The Morgan fingerprint density at radius 2 is 1.82 bits per heavy atom. The molecule has 22 heavy (non-hydrogen) atoms. The van der Waals surface area contributed by atoms with Crippen LogP contribution in [0.4, 0.5) is 5.69 Å². The molecule has 0 saturated carbocycles. The van der Waals surface area contributed by atoms with Gasteiger partial charge in [-0.15, -0.1) is 0 Å². The zero-order valence-corrected chi connectivity index (χ0v) is 12.8. The molecule has 0 saturated heterocycles. The summed E-state index contributed by atoms with van der Waals surface area (Å²) in [4.78, 5) is 10.5. The Hall–Kier alpha value is -2.54. The normalized spacial score (nSPS) is 11.2. The minimum absolute atomic E-state index is 0.214. The molecule has 2 N–H and O–H groups in total. The Kier molecular flexibility index (Phi) is 4.09. The zero-order chi connectivity index (χ0) is 16.5. The van der Waals surface area contributed by atoms with E-state index >= 15 is 0 Å². The second kappa shape index (κ2) is 5.69. The van der Waals surface area contributed by atoms with E-state index in [1.165, 1.54) is 7.05 Å². The number of carboxylic acid groups (broad SMARTS) is 1. The van der Waals surface area contributed by atoms with Crippen molar-refractivity contribution in [2.45, 2.75) is 11.8 Å². The Morgan fingerprint density at radius 1 is 1.14 bits per heavy atom. The molecule has 0 aliphatic carbocycles. The second-order valence-corrected chi connectivity index (χ2v) is 6.74. The molecule has 0 amide bonds. The SMILES string of the molecule is Cc1cccc(N(C)S(=O)(=O)c2cc(C(=O)O)ccc2O)c1. The molecule has 7 heteroatoms. The molecule has 0 heterocycles. The lowest BCUT2D eigenvalue weighted by atomic mass is 10.2. The summed E-state index contributed by atoms with van der Waals surface area (Å²) in [6.45, 7) is 1.83. The van der Waals surface area contributed by atoms with Gasteiger partial charge in [0.05, 0.1) is 11.3 Å². The van der Waals surface area contributed by atoms with Gasteiger partial charge in [0.1, 0.15) is 10.6 Å². The number of aromatic carboxylic acids is 1. The van der Waals surface area contributed by atoms with Crippen LogP contribution in [-0.4, -0.2) is 31.6 Å². The molecule has 6 nitrogen and oxygen atoms in total. The smallest absolute Gasteiger partial charge is 0.335 e. The molecule has 0 atom stereocenters. The van der Waals surface area contributed by atoms with Gasteiger partial charge in [0.15, 0.2) is 0 Å². The van der Waals surface area contributed by atoms with Gasteiger partial charge in [-0.3, -0.25) is 4.31 Å². The average molecular weight is 321 g/mol. The largest absolute Gasteiger partial charge is 0.507 e. The number of carbonyl (C=O) groups is 1. The van der Waals surface area contributed by atoms with Crippen molar-refractivity contribution in [2.75, 3.05) is 11.4 Å². The van der Waals surface area contributed by atoms with Crippen LogP contribution in [0.25, 0.3) is 0 Å². The monoisotopic (exact) mass is 321 g/mol. The van der Waals surface area contributed by atoms with E-state index in [1.807, 2.05) is 13.0 Å². The van der Waals surface area contributed by atoms with Crippen molar-refractivity contribution in [2.24, 2.45) is 0 Å². The lowest BCUT2D eigenvalue weighted by molar-refractivity contribution is 0.0696. The first kappa shape index (κ1) is 15.8. The molecule has 0 aliphatic heterocycles. The maximum absolute atomic E-state index is 12.6. The van der Waals surface area contributed by atoms with Crippen molar-refractivity contribution in [3.05, 3.63) is 53.6 Å². The number of carboxylic acids is 1. The van der Waals surface area contributed by atoms with Crippen molar-refractivity contribution in [3.63, 3.8) is 0 Å². The van der Waals surface area contributed by atoms with Crippen molar-refractivity contribution in [1.82, 2.24) is 0 Å². The van der Waals surface area contributed by atoms with E-state index in [1.54, 1.807) is 18.2 Å². The third-order valence-electron chi connectivity index (χ3n) is 3.21. The van der Waals surface area contributed by atoms with Crippen LogP contribution in [0, 0.1) is 6.92 Å². The van der Waals surface area contributed by atoms with Gasteiger partial charge in [0.2, 0.25) is 0 Å². The highest BCUT2D eigenvalue weighted by Gasteiger charge is 2.26. The number of anilines is 1. The first-order valence-corrected chi connectivity index (χ1v) is 7.79. The molecular formula is C15H15NO5S. The summed E-state index contributed by atoms with van der Waals surface area (Å²) in [5.74, 6) is -1.76. The van der Waals surface area contributed by atoms with Gasteiger partial charge in [-0.05, 0) is 42.8 Å². The van der Waals surface area contributed by atoms with Crippen molar-refractivity contribution < 1.29 is 23.4 Å². The van der Waals surface area contributed by atoms with Gasteiger partial charge in [-0.25, -0.2) is 13.2 Å². The highest BCUT2D eigenvalue weighted by molar-refractivity contribution is 7.92. The minimum Gasteiger partial charge on any atom is -0.507 e. The summed E-state index contributed by atoms with van der Waals surface area (Å²) in [5.41, 5.74) is 1.08. The lowest BCUT2D eigenvalue weighted by Crippen LogP contribution is -2.26. The predicted molar refractivity (Wildman–Crippen MR) is 81.8 cm³/mol. The molecule has 2 rings (SSSR count). The number of sulfonamides is 1. The van der Waals surface area contributed by atoms with Crippen LogP contribution in [0.1, 0.15) is 15.9 Å². The van der Waals surface area contributed by atoms with E-state index < -0.39 is 26.6 Å². The van der Waals surface area contributed by atoms with Crippen LogP contribution in [0.2, 0.25) is 0 Å². The molecular weight excluding hydrogens is 306 g/mol. The fraction of sp³-hybridized carbons (Fsp3) is 0.133. The van der Waals surface area contributed by atoms with Gasteiger partial charge in [0.25, 0.3) is 10.0 Å². The number of nitrogens with zero attached hydrogens (tertiary/aromatic N) is 1. The Balaban J connectivity index is 2.55. The van der Waals surface area contributed by atoms with Crippen LogP contribution in [0.15, 0.2) is 47.4 Å². The number of phenols is 1. The van der Waals surface area contributed by atoms with Crippen molar-refractivity contribution in [3.8, 4) is 5.75 Å². The number of aryl methyl sites for hydroxylation is 1. The van der Waals surface area contributed by atoms with Crippen molar-refractivity contribution >= 4 is 21.7 Å². The Morgan fingerprint density at radius 3 is 2.41 bits per heavy atom. The maximum atomic E-state index is 12.6. The second-order valence-electron chi connectivity index (χ2n) is 4.80. The van der Waals surface area contributed by atoms with Crippen LogP contribution < -0.4 is 4.31 Å². The lowest BCUT2D eigenvalue weighted by Gasteiger charge is -2.20. The summed E-state index contributed by atoms with van der Waals surface area (Å²) in [6, 6.07) is 9.97. The van der Waals surface area contributed by atoms with Crippen molar-refractivity contribution in [1.29, 1.82) is 0 Å². The summed E-state index contributed by atoms with van der Waals surface area (Å²) >= 11 is 0. The minimum atomic E-state index is -4.08. The van der Waals surface area contributed by atoms with Gasteiger partial charge in [-0.2, -0.15) is 0 Å². The maximum Gasteiger partial charge on any atom is 0.335 e. The molecule has 0 spiro atoms. The quantitative estimate of drug-likeness (QED) is 0.900. The first-order valence-electron chi connectivity index (χ1n) is 6.35. The van der Waals surface area contributed by atoms with Crippen LogP contribution in [-0.2, 0) is 10.0 Å². The van der Waals surface area contributed by atoms with E-state index in [0.717, 1.165) is 28.1 Å². The summed E-state index contributed by atoms with van der Waals surface area (Å²) in [7, 11) is -2.73. The molecule has 0 aromatic heterocycles. The van der Waals surface area contributed by atoms with Gasteiger partial charge in [-0.1, -0.05) is 12.1 Å². The molecule has 0 fully saturated rings. The summed E-state index contributed by atoms with van der Waals surface area (Å²) in [5, 5.41) is 18.8. The van der Waals surface area contributed by atoms with E-state index in [4.69, 9.17) is 5.11 Å². The third-order valence-corrected chi connectivity index (χ3v) is 5.03. The van der Waals surface area contributed by atoms with Gasteiger partial charge >= 0.3 is 5.97 Å². The molecule has 2 aromatic rings. The first-order chi connectivity index (χ1) is 10.2. The number of phenolic OH excluding ortho intramolecular Hbond substituents is 1. The van der Waals surface area contributed by atoms with E-state index in [-0.39, 0.29) is 5.56 Å². The molecule has 0 radical (unpaired) electrons. The molecule has 0 unspecified atom stereocenters. The highest BCUT2D eigenvalue weighted by Crippen LogP contribution is 2.29. The zero-order valence-electron chi connectivity index (χ0n) is 12.0. The number of aromatic hydroxyl groups is 1. The Bertz CT molecular complexity index is 830. The van der Waals surface area contributed by atoms with Crippen LogP contribution in [0.5, 0.6) is 5.75 Å².